The van der Waals surface area contributed by atoms with Crippen molar-refractivity contribution in [1.82, 2.24) is 4.57 Å². The highest BCUT2D eigenvalue weighted by atomic mass is 16.5. The average molecular weight is 308 g/mol. The first kappa shape index (κ1) is 14.8. The second-order valence-electron chi connectivity index (χ2n) is 5.06. The first-order chi connectivity index (χ1) is 11.1. The van der Waals surface area contributed by atoms with Crippen molar-refractivity contribution >= 4 is 22.7 Å². The zero-order chi connectivity index (χ0) is 16.4. The number of carbonyl (C=O) groups excluding carboxylic acids is 2. The Morgan fingerprint density at radius 2 is 1.78 bits per heavy atom. The topological polar surface area (TPSA) is 74.3 Å². The van der Waals surface area contributed by atoms with Crippen LogP contribution in [0.25, 0.3) is 10.9 Å². The van der Waals surface area contributed by atoms with Crippen LogP contribution >= 0.6 is 0 Å². The van der Waals surface area contributed by atoms with E-state index in [1.807, 2.05) is 13.0 Å². The van der Waals surface area contributed by atoms with Gasteiger partial charge in [0, 0.05) is 17.1 Å². The van der Waals surface area contributed by atoms with Crippen molar-refractivity contribution in [2.24, 2.45) is 5.73 Å². The average Bonchev–Trinajstić information content (AvgIpc) is 2.95. The Hall–Kier alpha value is -3.08. The number of nitrogens with zero attached hydrogens (tertiary/aromatic N) is 1. The fourth-order valence-electron chi connectivity index (χ4n) is 2.54. The molecule has 0 aliphatic heterocycles. The Kier molecular flexibility index (Phi) is 3.85. The van der Waals surface area contributed by atoms with Gasteiger partial charge in [-0.1, -0.05) is 18.2 Å². The molecular formula is C18H16N2O3. The second-order valence-corrected chi connectivity index (χ2v) is 5.06. The molecule has 116 valence electrons. The van der Waals surface area contributed by atoms with Gasteiger partial charge in [-0.05, 0) is 37.3 Å². The van der Waals surface area contributed by atoms with Crippen molar-refractivity contribution in [3.63, 3.8) is 0 Å². The molecule has 0 saturated carbocycles. The van der Waals surface area contributed by atoms with Crippen molar-refractivity contribution in [2.45, 2.75) is 6.92 Å². The monoisotopic (exact) mass is 308 g/mol. The molecule has 1 heterocycles. The summed E-state index contributed by atoms with van der Waals surface area (Å²) in [6.07, 6.45) is 1.49. The van der Waals surface area contributed by atoms with Gasteiger partial charge in [-0.25, -0.2) is 0 Å². The number of benzene rings is 2. The van der Waals surface area contributed by atoms with Crippen LogP contribution in [0.3, 0.4) is 0 Å². The number of ether oxygens (including phenoxy) is 1. The molecule has 2 N–H and O–H groups in total. The number of rotatable bonds is 4. The van der Waals surface area contributed by atoms with E-state index >= 15 is 0 Å². The Morgan fingerprint density at radius 3 is 2.43 bits per heavy atom. The van der Waals surface area contributed by atoms with Crippen molar-refractivity contribution in [3.8, 4) is 5.75 Å². The number of fused-ring (bicyclic) bond motifs is 1. The maximum atomic E-state index is 12.7. The van der Waals surface area contributed by atoms with Gasteiger partial charge in [-0.2, -0.15) is 0 Å². The predicted molar refractivity (Wildman–Crippen MR) is 87.8 cm³/mol. The van der Waals surface area contributed by atoms with Gasteiger partial charge in [0.05, 0.1) is 17.7 Å². The number of hydrogen-bond acceptors (Lipinski definition) is 3. The molecule has 0 atom stereocenters. The molecule has 0 radical (unpaired) electrons. The SMILES string of the molecule is CCOc1ccc(C(=O)n2cc(C(N)=O)c3ccccc32)cc1. The van der Waals surface area contributed by atoms with Crippen LogP contribution in [0.15, 0.2) is 54.7 Å². The van der Waals surface area contributed by atoms with E-state index in [0.29, 0.717) is 34.4 Å². The Morgan fingerprint density at radius 1 is 1.09 bits per heavy atom. The van der Waals surface area contributed by atoms with Crippen LogP contribution in [0.4, 0.5) is 0 Å². The Labute approximate surface area is 133 Å². The highest BCUT2D eigenvalue weighted by Gasteiger charge is 2.17. The summed E-state index contributed by atoms with van der Waals surface area (Å²) in [7, 11) is 0. The van der Waals surface area contributed by atoms with Crippen LogP contribution in [0.5, 0.6) is 5.75 Å². The summed E-state index contributed by atoms with van der Waals surface area (Å²) in [5, 5.41) is 0.666. The summed E-state index contributed by atoms with van der Waals surface area (Å²) in [6, 6.07) is 14.1. The maximum Gasteiger partial charge on any atom is 0.262 e. The number of amides is 1. The molecule has 0 aliphatic carbocycles. The van der Waals surface area contributed by atoms with Gasteiger partial charge in [-0.15, -0.1) is 0 Å². The van der Waals surface area contributed by atoms with E-state index in [9.17, 15) is 9.59 Å². The number of primary amides is 1. The summed E-state index contributed by atoms with van der Waals surface area (Å²) >= 11 is 0. The van der Waals surface area contributed by atoms with E-state index in [-0.39, 0.29) is 5.91 Å². The highest BCUT2D eigenvalue weighted by molar-refractivity contribution is 6.11. The minimum absolute atomic E-state index is 0.225. The van der Waals surface area contributed by atoms with Gasteiger partial charge < -0.3 is 10.5 Å². The number of nitrogens with two attached hydrogens (primary N) is 1. The van der Waals surface area contributed by atoms with Crippen LogP contribution in [-0.4, -0.2) is 23.0 Å². The van der Waals surface area contributed by atoms with E-state index < -0.39 is 5.91 Å². The maximum absolute atomic E-state index is 12.7. The molecule has 1 aromatic heterocycles. The largest absolute Gasteiger partial charge is 0.494 e. The van der Waals surface area contributed by atoms with Crippen LogP contribution < -0.4 is 10.5 Å². The Balaban J connectivity index is 2.05. The minimum atomic E-state index is -0.556. The van der Waals surface area contributed by atoms with Crippen LogP contribution in [0.2, 0.25) is 0 Å². The smallest absolute Gasteiger partial charge is 0.262 e. The molecule has 5 heteroatoms. The standard InChI is InChI=1S/C18H16N2O3/c1-2-23-13-9-7-12(8-10-13)18(22)20-11-15(17(19)21)14-5-3-4-6-16(14)20/h3-11H,2H2,1H3,(H2,19,21). The number of carbonyl (C=O) groups is 2. The van der Waals surface area contributed by atoms with Gasteiger partial charge in [0.25, 0.3) is 11.8 Å². The third-order valence-electron chi connectivity index (χ3n) is 3.61. The quantitative estimate of drug-likeness (QED) is 0.805. The normalized spacial score (nSPS) is 10.7. The van der Waals surface area contributed by atoms with Crippen LogP contribution in [0, 0.1) is 0 Å². The highest BCUT2D eigenvalue weighted by Crippen LogP contribution is 2.22. The van der Waals surface area contributed by atoms with Gasteiger partial charge >= 0.3 is 0 Å². The lowest BCUT2D eigenvalue weighted by Crippen LogP contribution is -2.12. The molecule has 1 amide bonds. The van der Waals surface area contributed by atoms with E-state index in [1.165, 1.54) is 10.8 Å². The molecule has 23 heavy (non-hydrogen) atoms. The number of aromatic nitrogens is 1. The summed E-state index contributed by atoms with van der Waals surface area (Å²) in [5.41, 5.74) is 6.90. The van der Waals surface area contributed by atoms with Crippen molar-refractivity contribution in [1.29, 1.82) is 0 Å². The molecule has 5 nitrogen and oxygen atoms in total. The third-order valence-corrected chi connectivity index (χ3v) is 3.61. The van der Waals surface area contributed by atoms with Crippen molar-refractivity contribution in [3.05, 3.63) is 65.9 Å². The first-order valence-electron chi connectivity index (χ1n) is 7.29. The van der Waals surface area contributed by atoms with Gasteiger partial charge in [0.2, 0.25) is 0 Å². The molecule has 0 saturated heterocycles. The summed E-state index contributed by atoms with van der Waals surface area (Å²) in [4.78, 5) is 24.3. The van der Waals surface area contributed by atoms with E-state index in [4.69, 9.17) is 10.5 Å². The van der Waals surface area contributed by atoms with E-state index in [1.54, 1.807) is 42.5 Å². The van der Waals surface area contributed by atoms with Crippen LogP contribution in [-0.2, 0) is 0 Å². The lowest BCUT2D eigenvalue weighted by atomic mass is 10.1. The lowest BCUT2D eigenvalue weighted by Gasteiger charge is -2.06. The molecular weight excluding hydrogens is 292 g/mol. The molecule has 0 fully saturated rings. The number of para-hydroxylation sites is 1. The summed E-state index contributed by atoms with van der Waals surface area (Å²) < 4.78 is 6.82. The molecule has 0 spiro atoms. The van der Waals surface area contributed by atoms with Gasteiger partial charge in [-0.3, -0.25) is 14.2 Å². The molecule has 0 bridgehead atoms. The fraction of sp³-hybridized carbons (Fsp3) is 0.111. The molecule has 2 aromatic carbocycles. The van der Waals surface area contributed by atoms with Crippen LogP contribution in [0.1, 0.15) is 27.6 Å². The summed E-state index contributed by atoms with van der Waals surface area (Å²) in [6.45, 7) is 2.47. The van der Waals surface area contributed by atoms with Crippen molar-refractivity contribution in [2.75, 3.05) is 6.61 Å². The summed E-state index contributed by atoms with van der Waals surface area (Å²) in [5.74, 6) is -0.0737. The zero-order valence-electron chi connectivity index (χ0n) is 12.7. The molecule has 3 rings (SSSR count). The van der Waals surface area contributed by atoms with Gasteiger partial charge in [0.15, 0.2) is 0 Å². The lowest BCUT2D eigenvalue weighted by molar-refractivity contribution is 0.0965. The first-order valence-corrected chi connectivity index (χ1v) is 7.29. The predicted octanol–water partition coefficient (Wildman–Crippen LogP) is 2.83. The number of hydrogen-bond donors (Lipinski definition) is 1. The second kappa shape index (κ2) is 5.96. The molecule has 0 unspecified atom stereocenters. The van der Waals surface area contributed by atoms with E-state index in [2.05, 4.69) is 0 Å². The third kappa shape index (κ3) is 2.68. The fourth-order valence-corrected chi connectivity index (χ4v) is 2.54. The van der Waals surface area contributed by atoms with E-state index in [0.717, 1.165) is 0 Å². The molecule has 0 aliphatic rings. The van der Waals surface area contributed by atoms with Gasteiger partial charge in [0.1, 0.15) is 5.75 Å². The minimum Gasteiger partial charge on any atom is -0.494 e. The zero-order valence-corrected chi connectivity index (χ0v) is 12.7. The Bertz CT molecular complexity index is 879. The van der Waals surface area contributed by atoms with Crippen molar-refractivity contribution < 1.29 is 14.3 Å². The molecule has 3 aromatic rings.